The Hall–Kier alpha value is -2.63. The van der Waals surface area contributed by atoms with Crippen molar-refractivity contribution in [3.05, 3.63) is 48.3 Å². The topological polar surface area (TPSA) is 61.4 Å². The fraction of sp³-hybridized carbons (Fsp3) is 0.476. The average molecular weight is 365 g/mol. The molecule has 2 aliphatic rings. The quantitative estimate of drug-likeness (QED) is 0.853. The molecule has 6 heteroatoms. The van der Waals surface area contributed by atoms with Gasteiger partial charge >= 0.3 is 0 Å². The number of benzene rings is 1. The summed E-state index contributed by atoms with van der Waals surface area (Å²) < 4.78 is 0. The van der Waals surface area contributed by atoms with Crippen LogP contribution < -0.4 is 10.2 Å². The maximum absolute atomic E-state index is 13.1. The van der Waals surface area contributed by atoms with Crippen molar-refractivity contribution in [1.82, 2.24) is 14.9 Å². The van der Waals surface area contributed by atoms with Gasteiger partial charge in [-0.05, 0) is 31.2 Å². The molecule has 6 nitrogen and oxygen atoms in total. The predicted molar refractivity (Wildman–Crippen MR) is 107 cm³/mol. The van der Waals surface area contributed by atoms with Crippen LogP contribution in [-0.4, -0.2) is 53.0 Å². The van der Waals surface area contributed by atoms with E-state index < -0.39 is 0 Å². The zero-order valence-corrected chi connectivity index (χ0v) is 15.7. The van der Waals surface area contributed by atoms with Gasteiger partial charge in [0.2, 0.25) is 5.91 Å². The molecule has 0 radical (unpaired) electrons. The van der Waals surface area contributed by atoms with Crippen LogP contribution in [0.15, 0.2) is 42.7 Å². The summed E-state index contributed by atoms with van der Waals surface area (Å²) in [6.07, 6.45) is 6.84. The number of carbonyl (C=O) groups excluding carboxylic acids is 1. The maximum Gasteiger partial charge on any atom is 0.245 e. The summed E-state index contributed by atoms with van der Waals surface area (Å²) in [7, 11) is 0. The van der Waals surface area contributed by atoms with Gasteiger partial charge in [0.25, 0.3) is 0 Å². The molecule has 0 bridgehead atoms. The minimum absolute atomic E-state index is 0.165. The summed E-state index contributed by atoms with van der Waals surface area (Å²) in [6, 6.07) is 11.8. The van der Waals surface area contributed by atoms with Crippen LogP contribution >= 0.6 is 0 Å². The SMILES string of the molecule is O=C(C(Cc1ccccc1)Nc1cc(N2CCCC2)ncn1)N1CCCC1. The molecule has 0 aliphatic carbocycles. The molecule has 1 unspecified atom stereocenters. The summed E-state index contributed by atoms with van der Waals surface area (Å²) in [5, 5.41) is 3.40. The van der Waals surface area contributed by atoms with Gasteiger partial charge in [0.15, 0.2) is 0 Å². The molecule has 2 aromatic rings. The van der Waals surface area contributed by atoms with E-state index in [1.165, 1.54) is 12.8 Å². The van der Waals surface area contributed by atoms with E-state index in [4.69, 9.17) is 0 Å². The smallest absolute Gasteiger partial charge is 0.245 e. The first-order chi connectivity index (χ1) is 13.3. The summed E-state index contributed by atoms with van der Waals surface area (Å²) in [6.45, 7) is 3.79. The van der Waals surface area contributed by atoms with Crippen molar-refractivity contribution in [3.8, 4) is 0 Å². The highest BCUT2D eigenvalue weighted by molar-refractivity contribution is 5.85. The molecule has 0 spiro atoms. The van der Waals surface area contributed by atoms with Gasteiger partial charge < -0.3 is 15.1 Å². The number of carbonyl (C=O) groups is 1. The van der Waals surface area contributed by atoms with Crippen LogP contribution in [0.4, 0.5) is 11.6 Å². The van der Waals surface area contributed by atoms with Crippen LogP contribution in [0.25, 0.3) is 0 Å². The van der Waals surface area contributed by atoms with Gasteiger partial charge in [0, 0.05) is 38.7 Å². The van der Waals surface area contributed by atoms with Crippen molar-refractivity contribution in [3.63, 3.8) is 0 Å². The maximum atomic E-state index is 13.1. The van der Waals surface area contributed by atoms with Crippen molar-refractivity contribution in [2.24, 2.45) is 0 Å². The third kappa shape index (κ3) is 4.38. The zero-order valence-electron chi connectivity index (χ0n) is 15.7. The molecule has 1 aromatic heterocycles. The second-order valence-corrected chi connectivity index (χ2v) is 7.37. The highest BCUT2D eigenvalue weighted by Crippen LogP contribution is 2.21. The Morgan fingerprint density at radius 3 is 2.44 bits per heavy atom. The van der Waals surface area contributed by atoms with Gasteiger partial charge in [-0.15, -0.1) is 0 Å². The molecule has 4 rings (SSSR count). The molecule has 1 aromatic carbocycles. The lowest BCUT2D eigenvalue weighted by Gasteiger charge is -2.25. The number of aromatic nitrogens is 2. The molecule has 0 saturated carbocycles. The molecular weight excluding hydrogens is 338 g/mol. The van der Waals surface area contributed by atoms with Crippen LogP contribution in [0.5, 0.6) is 0 Å². The molecule has 2 aliphatic heterocycles. The third-order valence-corrected chi connectivity index (χ3v) is 5.40. The number of rotatable bonds is 6. The monoisotopic (exact) mass is 365 g/mol. The number of hydrogen-bond donors (Lipinski definition) is 1. The van der Waals surface area contributed by atoms with Crippen LogP contribution in [0.2, 0.25) is 0 Å². The Morgan fingerprint density at radius 1 is 1.00 bits per heavy atom. The van der Waals surface area contributed by atoms with Crippen molar-refractivity contribution in [2.45, 2.75) is 38.1 Å². The normalized spacial score (nSPS) is 17.9. The van der Waals surface area contributed by atoms with E-state index in [0.29, 0.717) is 6.42 Å². The fourth-order valence-electron chi connectivity index (χ4n) is 3.93. The summed E-state index contributed by atoms with van der Waals surface area (Å²) >= 11 is 0. The minimum atomic E-state index is -0.313. The number of nitrogens with zero attached hydrogens (tertiary/aromatic N) is 4. The van der Waals surface area contributed by atoms with Crippen LogP contribution in [0, 0.1) is 0 Å². The van der Waals surface area contributed by atoms with E-state index in [9.17, 15) is 4.79 Å². The molecule has 1 amide bonds. The first-order valence-electron chi connectivity index (χ1n) is 9.96. The van der Waals surface area contributed by atoms with Crippen molar-refractivity contribution in [2.75, 3.05) is 36.4 Å². The van der Waals surface area contributed by atoms with Gasteiger partial charge in [0.05, 0.1) is 0 Å². The standard InChI is InChI=1S/C21H27N5O/c27-21(26-12-6-7-13-26)18(14-17-8-2-1-3-9-17)24-19-15-20(23-16-22-19)25-10-4-5-11-25/h1-3,8-9,15-16,18H,4-7,10-14H2,(H,22,23,24). The first-order valence-corrected chi connectivity index (χ1v) is 9.96. The van der Waals surface area contributed by atoms with Crippen molar-refractivity contribution in [1.29, 1.82) is 0 Å². The molecular formula is C21H27N5O. The highest BCUT2D eigenvalue weighted by Gasteiger charge is 2.27. The van der Waals surface area contributed by atoms with E-state index in [1.54, 1.807) is 6.33 Å². The van der Waals surface area contributed by atoms with E-state index in [1.807, 2.05) is 29.2 Å². The molecule has 2 saturated heterocycles. The molecule has 27 heavy (non-hydrogen) atoms. The Morgan fingerprint density at radius 2 is 1.70 bits per heavy atom. The van der Waals surface area contributed by atoms with Gasteiger partial charge in [-0.2, -0.15) is 0 Å². The largest absolute Gasteiger partial charge is 0.358 e. The van der Waals surface area contributed by atoms with Crippen LogP contribution in [0.3, 0.4) is 0 Å². The molecule has 3 heterocycles. The highest BCUT2D eigenvalue weighted by atomic mass is 16.2. The summed E-state index contributed by atoms with van der Waals surface area (Å²) in [4.78, 5) is 26.2. The van der Waals surface area contributed by atoms with Crippen molar-refractivity contribution < 1.29 is 4.79 Å². The van der Waals surface area contributed by atoms with E-state index >= 15 is 0 Å². The number of nitrogens with one attached hydrogen (secondary N) is 1. The Balaban J connectivity index is 1.53. The zero-order chi connectivity index (χ0) is 18.5. The lowest BCUT2D eigenvalue weighted by molar-refractivity contribution is -0.130. The van der Waals surface area contributed by atoms with E-state index in [-0.39, 0.29) is 11.9 Å². The van der Waals surface area contributed by atoms with Gasteiger partial charge in [-0.3, -0.25) is 4.79 Å². The lowest BCUT2D eigenvalue weighted by Crippen LogP contribution is -2.43. The number of likely N-dealkylation sites (tertiary alicyclic amines) is 1. The number of hydrogen-bond acceptors (Lipinski definition) is 5. The number of anilines is 2. The summed E-state index contributed by atoms with van der Waals surface area (Å²) in [5.74, 6) is 1.83. The summed E-state index contributed by atoms with van der Waals surface area (Å²) in [5.41, 5.74) is 1.15. The van der Waals surface area contributed by atoms with Gasteiger partial charge in [0.1, 0.15) is 24.0 Å². The second-order valence-electron chi connectivity index (χ2n) is 7.37. The second kappa shape index (κ2) is 8.37. The molecule has 142 valence electrons. The average Bonchev–Trinajstić information content (AvgIpc) is 3.42. The Kier molecular flexibility index (Phi) is 5.51. The lowest BCUT2D eigenvalue weighted by atomic mass is 10.0. The third-order valence-electron chi connectivity index (χ3n) is 5.40. The van der Waals surface area contributed by atoms with Gasteiger partial charge in [-0.1, -0.05) is 30.3 Å². The molecule has 1 N–H and O–H groups in total. The number of amides is 1. The first kappa shape index (κ1) is 17.8. The fourth-order valence-corrected chi connectivity index (χ4v) is 3.93. The predicted octanol–water partition coefficient (Wildman–Crippen LogP) is 2.72. The van der Waals surface area contributed by atoms with Crippen LogP contribution in [0.1, 0.15) is 31.2 Å². The molecule has 2 fully saturated rings. The van der Waals surface area contributed by atoms with Crippen molar-refractivity contribution >= 4 is 17.5 Å². The Labute approximate surface area is 160 Å². The molecule has 1 atom stereocenters. The minimum Gasteiger partial charge on any atom is -0.358 e. The van der Waals surface area contributed by atoms with Gasteiger partial charge in [-0.25, -0.2) is 9.97 Å². The van der Waals surface area contributed by atoms with E-state index in [2.05, 4.69) is 32.3 Å². The van der Waals surface area contributed by atoms with E-state index in [0.717, 1.165) is 56.2 Å². The Bertz CT molecular complexity index is 754. The van der Waals surface area contributed by atoms with Crippen LogP contribution in [-0.2, 0) is 11.2 Å².